The van der Waals surface area contributed by atoms with Crippen LogP contribution in [0.2, 0.25) is 0 Å². The average Bonchev–Trinajstić information content (AvgIpc) is 2.30. The monoisotopic (exact) mass is 232 g/mol. The van der Waals surface area contributed by atoms with Gasteiger partial charge in [0, 0.05) is 12.8 Å². The van der Waals surface area contributed by atoms with Gasteiger partial charge in [-0.1, -0.05) is 12.8 Å². The number of carbonyl (C=O) groups excluding carboxylic acids is 2. The number of aldehydes is 1. The van der Waals surface area contributed by atoms with Crippen LogP contribution in [0.25, 0.3) is 0 Å². The van der Waals surface area contributed by atoms with E-state index < -0.39 is 12.7 Å². The Morgan fingerprint density at radius 2 is 1.94 bits per heavy atom. The number of esters is 1. The number of carbonyl (C=O) groups is 2. The van der Waals surface area contributed by atoms with Gasteiger partial charge in [0.05, 0.1) is 6.61 Å². The minimum atomic E-state index is -0.989. The highest BCUT2D eigenvalue weighted by atomic mass is 16.5. The molecule has 0 fully saturated rings. The van der Waals surface area contributed by atoms with Crippen molar-refractivity contribution in [3.8, 4) is 0 Å². The molecule has 0 heterocycles. The lowest BCUT2D eigenvalue weighted by atomic mass is 10.1. The lowest BCUT2D eigenvalue weighted by Gasteiger charge is -2.08. The predicted octanol–water partition coefficient (Wildman–Crippen LogP) is 0.422. The molecule has 0 aromatic heterocycles. The van der Waals surface area contributed by atoms with Gasteiger partial charge in [0.2, 0.25) is 0 Å². The van der Waals surface area contributed by atoms with Crippen LogP contribution in [0.4, 0.5) is 0 Å². The maximum Gasteiger partial charge on any atom is 0.305 e. The first-order valence-electron chi connectivity index (χ1n) is 5.59. The Kier molecular flexibility index (Phi) is 9.95. The molecule has 1 atom stereocenters. The molecule has 0 bridgehead atoms. The van der Waals surface area contributed by atoms with Crippen molar-refractivity contribution in [1.82, 2.24) is 0 Å². The Morgan fingerprint density at radius 1 is 1.25 bits per heavy atom. The number of hydrogen-bond donors (Lipinski definition) is 2. The van der Waals surface area contributed by atoms with Crippen LogP contribution in [0, 0.1) is 0 Å². The van der Waals surface area contributed by atoms with Gasteiger partial charge < -0.3 is 19.7 Å². The van der Waals surface area contributed by atoms with Crippen molar-refractivity contribution in [1.29, 1.82) is 0 Å². The molecule has 94 valence electrons. The Morgan fingerprint density at radius 3 is 2.56 bits per heavy atom. The van der Waals surface area contributed by atoms with Gasteiger partial charge in [-0.15, -0.1) is 0 Å². The van der Waals surface area contributed by atoms with E-state index in [1.54, 1.807) is 0 Å². The molecule has 0 amide bonds. The number of aliphatic hydroxyl groups excluding tert-OH is 2. The molecule has 0 aromatic rings. The van der Waals surface area contributed by atoms with Gasteiger partial charge in [-0.25, -0.2) is 0 Å². The van der Waals surface area contributed by atoms with Gasteiger partial charge in [0.1, 0.15) is 19.0 Å². The largest absolute Gasteiger partial charge is 0.463 e. The Balaban J connectivity index is 3.27. The first-order valence-corrected chi connectivity index (χ1v) is 5.59. The first kappa shape index (κ1) is 15.1. The summed E-state index contributed by atoms with van der Waals surface area (Å²) in [5, 5.41) is 17.4. The molecule has 5 nitrogen and oxygen atoms in total. The molecule has 0 saturated carbocycles. The quantitative estimate of drug-likeness (QED) is 0.324. The molecule has 0 saturated heterocycles. The van der Waals surface area contributed by atoms with E-state index in [-0.39, 0.29) is 12.6 Å². The zero-order valence-corrected chi connectivity index (χ0v) is 9.43. The summed E-state index contributed by atoms with van der Waals surface area (Å²) in [6.07, 6.45) is 4.22. The molecule has 1 unspecified atom stereocenters. The molecule has 0 rings (SSSR count). The van der Waals surface area contributed by atoms with Gasteiger partial charge in [0.25, 0.3) is 0 Å². The van der Waals surface area contributed by atoms with Crippen molar-refractivity contribution in [2.45, 2.75) is 44.6 Å². The topological polar surface area (TPSA) is 83.8 Å². The van der Waals surface area contributed by atoms with Crippen LogP contribution in [-0.2, 0) is 14.3 Å². The second kappa shape index (κ2) is 10.6. The Labute approximate surface area is 95.4 Å². The Hall–Kier alpha value is -0.940. The van der Waals surface area contributed by atoms with Crippen LogP contribution < -0.4 is 0 Å². The van der Waals surface area contributed by atoms with E-state index in [4.69, 9.17) is 14.9 Å². The van der Waals surface area contributed by atoms with Crippen molar-refractivity contribution in [3.05, 3.63) is 0 Å². The summed E-state index contributed by atoms with van der Waals surface area (Å²) >= 11 is 0. The minimum Gasteiger partial charge on any atom is -0.463 e. The highest BCUT2D eigenvalue weighted by Gasteiger charge is 2.07. The van der Waals surface area contributed by atoms with Gasteiger partial charge in [-0.3, -0.25) is 4.79 Å². The lowest BCUT2D eigenvalue weighted by Crippen LogP contribution is -2.21. The van der Waals surface area contributed by atoms with Crippen LogP contribution in [0.15, 0.2) is 0 Å². The Bertz CT molecular complexity index is 193. The van der Waals surface area contributed by atoms with Crippen LogP contribution >= 0.6 is 0 Å². The van der Waals surface area contributed by atoms with Gasteiger partial charge in [-0.05, 0) is 12.8 Å². The van der Waals surface area contributed by atoms with Crippen molar-refractivity contribution < 1.29 is 24.5 Å². The van der Waals surface area contributed by atoms with E-state index in [0.717, 1.165) is 32.0 Å². The molecular formula is C11H20O5. The van der Waals surface area contributed by atoms with E-state index in [1.807, 2.05) is 0 Å². The van der Waals surface area contributed by atoms with E-state index in [0.29, 0.717) is 12.8 Å². The van der Waals surface area contributed by atoms with Crippen molar-refractivity contribution in [3.63, 3.8) is 0 Å². The summed E-state index contributed by atoms with van der Waals surface area (Å²) < 4.78 is 4.72. The molecule has 0 radical (unpaired) electrons. The summed E-state index contributed by atoms with van der Waals surface area (Å²) in [4.78, 5) is 21.1. The number of aliphatic hydroxyl groups is 2. The number of hydrogen-bond acceptors (Lipinski definition) is 5. The third-order valence-electron chi connectivity index (χ3n) is 2.10. The van der Waals surface area contributed by atoms with E-state index in [9.17, 15) is 9.59 Å². The van der Waals surface area contributed by atoms with E-state index in [1.165, 1.54) is 0 Å². The molecule has 2 N–H and O–H groups in total. The molecule has 0 spiro atoms. The maximum absolute atomic E-state index is 11.1. The first-order chi connectivity index (χ1) is 7.70. The maximum atomic E-state index is 11.1. The van der Waals surface area contributed by atoms with Gasteiger partial charge >= 0.3 is 5.97 Å². The normalized spacial score (nSPS) is 12.1. The molecule has 0 aliphatic carbocycles. The minimum absolute atomic E-state index is 0.152. The standard InChI is InChI=1S/C11H20O5/c12-7-5-3-1-2-4-6-11(15)16-9-10(14)8-13/h7,10,13-14H,1-6,8-9H2. The molecule has 0 aromatic carbocycles. The molecule has 5 heteroatoms. The second-order valence-electron chi connectivity index (χ2n) is 3.64. The molecule has 16 heavy (non-hydrogen) atoms. The summed E-state index contributed by atoms with van der Waals surface area (Å²) in [7, 11) is 0. The number of unbranched alkanes of at least 4 members (excludes halogenated alkanes) is 4. The lowest BCUT2D eigenvalue weighted by molar-refractivity contribution is -0.147. The summed E-state index contributed by atoms with van der Waals surface area (Å²) in [5.41, 5.74) is 0. The zero-order chi connectivity index (χ0) is 12.2. The van der Waals surface area contributed by atoms with E-state index >= 15 is 0 Å². The molecule has 0 aliphatic rings. The predicted molar refractivity (Wildman–Crippen MR) is 57.8 cm³/mol. The second-order valence-corrected chi connectivity index (χ2v) is 3.64. The van der Waals surface area contributed by atoms with Crippen LogP contribution in [0.1, 0.15) is 38.5 Å². The van der Waals surface area contributed by atoms with Crippen LogP contribution in [0.3, 0.4) is 0 Å². The van der Waals surface area contributed by atoms with Gasteiger partial charge in [-0.2, -0.15) is 0 Å². The SMILES string of the molecule is O=CCCCCCCC(=O)OCC(O)CO. The number of rotatable bonds is 10. The van der Waals surface area contributed by atoms with Crippen LogP contribution in [0.5, 0.6) is 0 Å². The van der Waals surface area contributed by atoms with E-state index in [2.05, 4.69) is 0 Å². The zero-order valence-electron chi connectivity index (χ0n) is 9.43. The smallest absolute Gasteiger partial charge is 0.305 e. The third kappa shape index (κ3) is 9.61. The summed E-state index contributed by atoms with van der Waals surface area (Å²) in [6.45, 7) is -0.556. The number of ether oxygens (including phenoxy) is 1. The fourth-order valence-electron chi connectivity index (χ4n) is 1.16. The fraction of sp³-hybridized carbons (Fsp3) is 0.818. The van der Waals surface area contributed by atoms with Crippen LogP contribution in [-0.4, -0.2) is 41.8 Å². The summed E-state index contributed by atoms with van der Waals surface area (Å²) in [6, 6.07) is 0. The highest BCUT2D eigenvalue weighted by molar-refractivity contribution is 5.69. The van der Waals surface area contributed by atoms with Crippen molar-refractivity contribution in [2.75, 3.05) is 13.2 Å². The highest BCUT2D eigenvalue weighted by Crippen LogP contribution is 2.05. The summed E-state index contributed by atoms with van der Waals surface area (Å²) in [5.74, 6) is -0.358. The van der Waals surface area contributed by atoms with Crippen molar-refractivity contribution >= 4 is 12.3 Å². The molecular weight excluding hydrogens is 212 g/mol. The fourth-order valence-corrected chi connectivity index (χ4v) is 1.16. The van der Waals surface area contributed by atoms with Crippen molar-refractivity contribution in [2.24, 2.45) is 0 Å². The molecule has 0 aliphatic heterocycles. The third-order valence-corrected chi connectivity index (χ3v) is 2.10. The van der Waals surface area contributed by atoms with Gasteiger partial charge in [0.15, 0.2) is 0 Å². The average molecular weight is 232 g/mol.